The summed E-state index contributed by atoms with van der Waals surface area (Å²) >= 11 is 0. The maximum absolute atomic E-state index is 13.6. The van der Waals surface area contributed by atoms with Crippen LogP contribution in [0, 0.1) is 5.82 Å². The number of halogens is 1. The molecule has 0 radical (unpaired) electrons. The third-order valence-electron chi connectivity index (χ3n) is 3.96. The Morgan fingerprint density at radius 1 is 1.07 bits per heavy atom. The predicted molar refractivity (Wildman–Crippen MR) is 104 cm³/mol. The van der Waals surface area contributed by atoms with Gasteiger partial charge in [-0.1, -0.05) is 24.3 Å². The van der Waals surface area contributed by atoms with Gasteiger partial charge in [-0.15, -0.1) is 0 Å². The highest BCUT2D eigenvalue weighted by Crippen LogP contribution is 2.29. The standard InChI is InChI=1S/C22H18FNO4/c1-27-21-12-15(13-24-19-8-3-2-7-18(19)23)9-10-20(21)28-14-16-5-4-6-17(11-16)22(25)26/h2-13H,14H2,1H3,(H,25,26). The van der Waals surface area contributed by atoms with Gasteiger partial charge in [-0.2, -0.15) is 0 Å². The molecule has 3 aromatic rings. The van der Waals surface area contributed by atoms with E-state index in [0.29, 0.717) is 11.5 Å². The Bertz CT molecular complexity index is 1020. The zero-order valence-electron chi connectivity index (χ0n) is 15.1. The van der Waals surface area contributed by atoms with Crippen LogP contribution in [0.15, 0.2) is 71.7 Å². The van der Waals surface area contributed by atoms with E-state index in [4.69, 9.17) is 14.6 Å². The van der Waals surface area contributed by atoms with E-state index >= 15 is 0 Å². The number of carboxylic acids is 1. The number of nitrogens with zero attached hydrogens (tertiary/aromatic N) is 1. The molecular formula is C22H18FNO4. The number of benzene rings is 3. The van der Waals surface area contributed by atoms with E-state index in [1.54, 1.807) is 60.8 Å². The Balaban J connectivity index is 1.74. The maximum Gasteiger partial charge on any atom is 0.335 e. The third kappa shape index (κ3) is 4.73. The molecule has 0 heterocycles. The van der Waals surface area contributed by atoms with Gasteiger partial charge in [0, 0.05) is 6.21 Å². The van der Waals surface area contributed by atoms with E-state index in [1.807, 2.05) is 0 Å². The van der Waals surface area contributed by atoms with E-state index in [9.17, 15) is 9.18 Å². The highest BCUT2D eigenvalue weighted by atomic mass is 19.1. The van der Waals surface area contributed by atoms with Crippen molar-refractivity contribution in [3.05, 3.63) is 89.2 Å². The molecule has 0 aliphatic rings. The number of carbonyl (C=O) groups is 1. The van der Waals surface area contributed by atoms with Crippen LogP contribution >= 0.6 is 0 Å². The van der Waals surface area contributed by atoms with Crippen molar-refractivity contribution in [3.63, 3.8) is 0 Å². The number of methoxy groups -OCH3 is 1. The van der Waals surface area contributed by atoms with Crippen LogP contribution in [0.5, 0.6) is 11.5 Å². The zero-order chi connectivity index (χ0) is 19.9. The summed E-state index contributed by atoms with van der Waals surface area (Å²) in [7, 11) is 1.52. The van der Waals surface area contributed by atoms with Crippen LogP contribution in [0.3, 0.4) is 0 Å². The van der Waals surface area contributed by atoms with Crippen LogP contribution < -0.4 is 9.47 Å². The molecule has 5 nitrogen and oxygen atoms in total. The van der Waals surface area contributed by atoms with Crippen molar-refractivity contribution in [2.24, 2.45) is 4.99 Å². The Morgan fingerprint density at radius 3 is 2.64 bits per heavy atom. The second kappa shape index (κ2) is 8.81. The van der Waals surface area contributed by atoms with E-state index in [1.165, 1.54) is 19.2 Å². The van der Waals surface area contributed by atoms with Crippen molar-refractivity contribution in [1.29, 1.82) is 0 Å². The Labute approximate surface area is 161 Å². The van der Waals surface area contributed by atoms with Crippen molar-refractivity contribution >= 4 is 17.9 Å². The highest BCUT2D eigenvalue weighted by Gasteiger charge is 2.08. The number of hydrogen-bond donors (Lipinski definition) is 1. The van der Waals surface area contributed by atoms with Crippen molar-refractivity contribution in [2.45, 2.75) is 6.61 Å². The molecule has 0 aliphatic carbocycles. The third-order valence-corrected chi connectivity index (χ3v) is 3.96. The summed E-state index contributed by atoms with van der Waals surface area (Å²) in [4.78, 5) is 15.2. The molecule has 1 N–H and O–H groups in total. The molecule has 28 heavy (non-hydrogen) atoms. The van der Waals surface area contributed by atoms with Crippen LogP contribution in [0.25, 0.3) is 0 Å². The molecule has 142 valence electrons. The first-order chi connectivity index (χ1) is 13.6. The van der Waals surface area contributed by atoms with Gasteiger partial charge in [-0.05, 0) is 53.6 Å². The lowest BCUT2D eigenvalue weighted by Gasteiger charge is -2.11. The lowest BCUT2D eigenvalue weighted by atomic mass is 10.1. The quantitative estimate of drug-likeness (QED) is 0.595. The van der Waals surface area contributed by atoms with Gasteiger partial charge in [0.25, 0.3) is 0 Å². The van der Waals surface area contributed by atoms with E-state index < -0.39 is 11.8 Å². The van der Waals surface area contributed by atoms with E-state index in [0.717, 1.165) is 11.1 Å². The van der Waals surface area contributed by atoms with Gasteiger partial charge in [0.2, 0.25) is 0 Å². The van der Waals surface area contributed by atoms with Crippen molar-refractivity contribution < 1.29 is 23.8 Å². The van der Waals surface area contributed by atoms with Crippen LogP contribution in [0.1, 0.15) is 21.5 Å². The number of rotatable bonds is 7. The molecule has 0 atom stereocenters. The molecule has 0 saturated heterocycles. The Kier molecular flexibility index (Phi) is 6.01. The van der Waals surface area contributed by atoms with Gasteiger partial charge in [0.15, 0.2) is 11.5 Å². The summed E-state index contributed by atoms with van der Waals surface area (Å²) in [6.45, 7) is 0.195. The van der Waals surface area contributed by atoms with Crippen LogP contribution in [0.4, 0.5) is 10.1 Å². The Morgan fingerprint density at radius 2 is 1.89 bits per heavy atom. The summed E-state index contributed by atoms with van der Waals surface area (Å²) in [5.41, 5.74) is 1.90. The van der Waals surface area contributed by atoms with Gasteiger partial charge in [-0.25, -0.2) is 9.18 Å². The highest BCUT2D eigenvalue weighted by molar-refractivity contribution is 5.87. The number of para-hydroxylation sites is 1. The maximum atomic E-state index is 13.6. The molecular weight excluding hydrogens is 361 g/mol. The molecule has 3 rings (SSSR count). The summed E-state index contributed by atoms with van der Waals surface area (Å²) < 4.78 is 24.8. The first kappa shape index (κ1) is 19.1. The smallest absolute Gasteiger partial charge is 0.335 e. The number of carboxylic acid groups (broad SMARTS) is 1. The van der Waals surface area contributed by atoms with Gasteiger partial charge in [0.1, 0.15) is 12.4 Å². The monoisotopic (exact) mass is 379 g/mol. The molecule has 0 unspecified atom stereocenters. The van der Waals surface area contributed by atoms with Crippen LogP contribution in [-0.2, 0) is 6.61 Å². The second-order valence-corrected chi connectivity index (χ2v) is 5.91. The molecule has 0 saturated carbocycles. The lowest BCUT2D eigenvalue weighted by Crippen LogP contribution is -2.01. The number of hydrogen-bond acceptors (Lipinski definition) is 4. The Hall–Kier alpha value is -3.67. The van der Waals surface area contributed by atoms with Gasteiger partial charge in [-0.3, -0.25) is 4.99 Å². The average Bonchev–Trinajstić information content (AvgIpc) is 2.72. The zero-order valence-corrected chi connectivity index (χ0v) is 15.1. The molecule has 0 amide bonds. The predicted octanol–water partition coefficient (Wildman–Crippen LogP) is 4.86. The topological polar surface area (TPSA) is 68.1 Å². The van der Waals surface area contributed by atoms with E-state index in [-0.39, 0.29) is 17.9 Å². The fourth-order valence-corrected chi connectivity index (χ4v) is 2.54. The average molecular weight is 379 g/mol. The normalized spacial score (nSPS) is 10.8. The van der Waals surface area contributed by atoms with Gasteiger partial charge < -0.3 is 14.6 Å². The second-order valence-electron chi connectivity index (χ2n) is 5.91. The number of ether oxygens (including phenoxy) is 2. The number of aromatic carboxylic acids is 1. The van der Waals surface area contributed by atoms with Gasteiger partial charge in [0.05, 0.1) is 18.4 Å². The van der Waals surface area contributed by atoms with Crippen LogP contribution in [-0.4, -0.2) is 24.4 Å². The molecule has 3 aromatic carbocycles. The molecule has 0 bridgehead atoms. The van der Waals surface area contributed by atoms with Crippen molar-refractivity contribution in [3.8, 4) is 11.5 Å². The van der Waals surface area contributed by atoms with Gasteiger partial charge >= 0.3 is 5.97 Å². The molecule has 0 spiro atoms. The fraction of sp³-hybridized carbons (Fsp3) is 0.0909. The van der Waals surface area contributed by atoms with Crippen molar-refractivity contribution in [1.82, 2.24) is 0 Å². The van der Waals surface area contributed by atoms with Crippen LogP contribution in [0.2, 0.25) is 0 Å². The molecule has 6 heteroatoms. The summed E-state index contributed by atoms with van der Waals surface area (Å²) in [6.07, 6.45) is 1.54. The largest absolute Gasteiger partial charge is 0.493 e. The minimum Gasteiger partial charge on any atom is -0.493 e. The summed E-state index contributed by atoms with van der Waals surface area (Å²) in [5.74, 6) is -0.384. The first-order valence-corrected chi connectivity index (χ1v) is 8.48. The SMILES string of the molecule is COc1cc(C=Nc2ccccc2F)ccc1OCc1cccc(C(=O)O)c1. The summed E-state index contributed by atoms with van der Waals surface area (Å²) in [5, 5.41) is 9.06. The molecule has 0 fully saturated rings. The molecule has 0 aromatic heterocycles. The van der Waals surface area contributed by atoms with E-state index in [2.05, 4.69) is 4.99 Å². The minimum absolute atomic E-state index is 0.195. The number of aliphatic imine (C=N–C) groups is 1. The first-order valence-electron chi connectivity index (χ1n) is 8.48. The van der Waals surface area contributed by atoms with Crippen molar-refractivity contribution in [2.75, 3.05) is 7.11 Å². The lowest BCUT2D eigenvalue weighted by molar-refractivity contribution is 0.0696. The molecule has 0 aliphatic heterocycles. The summed E-state index contributed by atoms with van der Waals surface area (Å²) in [6, 6.07) is 18.0. The fourth-order valence-electron chi connectivity index (χ4n) is 2.54. The minimum atomic E-state index is -0.988.